The Kier molecular flexibility index (Phi) is 8.19. The molecule has 0 saturated heterocycles. The Labute approximate surface area is 88.0 Å². The minimum absolute atomic E-state index is 0.379. The first-order valence-electron chi connectivity index (χ1n) is 5.10. The van der Waals surface area contributed by atoms with Crippen LogP contribution in [0.15, 0.2) is 38.0 Å². The number of hydrogen-bond donors (Lipinski definition) is 1. The zero-order valence-electron chi connectivity index (χ0n) is 9.21. The summed E-state index contributed by atoms with van der Waals surface area (Å²) in [5.41, 5.74) is 0. The van der Waals surface area contributed by atoms with Gasteiger partial charge in [0.05, 0.1) is 6.17 Å². The van der Waals surface area contributed by atoms with Gasteiger partial charge >= 0.3 is 0 Å². The van der Waals surface area contributed by atoms with Crippen LogP contribution in [0.3, 0.4) is 0 Å². The zero-order valence-corrected chi connectivity index (χ0v) is 9.21. The molecule has 0 aliphatic rings. The summed E-state index contributed by atoms with van der Waals surface area (Å²) in [4.78, 5) is 2.30. The quantitative estimate of drug-likeness (QED) is 0.447. The summed E-state index contributed by atoms with van der Waals surface area (Å²) in [5, 5.41) is 3.40. The van der Waals surface area contributed by atoms with Gasteiger partial charge in [-0.2, -0.15) is 0 Å². The molecule has 0 heterocycles. The predicted molar refractivity (Wildman–Crippen MR) is 64.2 cm³/mol. The average molecular weight is 194 g/mol. The van der Waals surface area contributed by atoms with E-state index in [-0.39, 0.29) is 0 Å². The third-order valence-electron chi connectivity index (χ3n) is 2.05. The van der Waals surface area contributed by atoms with Crippen LogP contribution < -0.4 is 5.32 Å². The van der Waals surface area contributed by atoms with Crippen molar-refractivity contribution in [1.82, 2.24) is 10.2 Å². The first kappa shape index (κ1) is 13.1. The number of hydrogen-bond acceptors (Lipinski definition) is 2. The highest BCUT2D eigenvalue weighted by Gasteiger charge is 2.12. The van der Waals surface area contributed by atoms with Gasteiger partial charge in [-0.25, -0.2) is 0 Å². The molecule has 0 aromatic carbocycles. The molecule has 1 unspecified atom stereocenters. The van der Waals surface area contributed by atoms with E-state index in [0.717, 1.165) is 26.1 Å². The van der Waals surface area contributed by atoms with Crippen molar-refractivity contribution in [2.24, 2.45) is 0 Å². The second-order valence-electron chi connectivity index (χ2n) is 3.15. The molecule has 0 aliphatic carbocycles. The highest BCUT2D eigenvalue weighted by molar-refractivity contribution is 4.84. The number of nitrogens with one attached hydrogen (secondary N) is 1. The fourth-order valence-electron chi connectivity index (χ4n) is 1.41. The first-order chi connectivity index (χ1) is 6.79. The average Bonchev–Trinajstić information content (AvgIpc) is 2.19. The number of rotatable bonds is 9. The van der Waals surface area contributed by atoms with E-state index in [4.69, 9.17) is 0 Å². The van der Waals surface area contributed by atoms with Crippen LogP contribution in [0.1, 0.15) is 13.3 Å². The standard InChI is InChI=1S/C12H22N2/c1-5-9-13-12(8-4)14(10-6-2)11-7-3/h5-7,12-13H,1-3,8-11H2,4H3. The largest absolute Gasteiger partial charge is 0.298 e. The maximum absolute atomic E-state index is 3.76. The molecule has 0 amide bonds. The van der Waals surface area contributed by atoms with Crippen LogP contribution in [0.25, 0.3) is 0 Å². The summed E-state index contributed by atoms with van der Waals surface area (Å²) >= 11 is 0. The normalized spacial score (nSPS) is 12.4. The highest BCUT2D eigenvalue weighted by Crippen LogP contribution is 2.01. The van der Waals surface area contributed by atoms with Crippen molar-refractivity contribution in [3.8, 4) is 0 Å². The van der Waals surface area contributed by atoms with Crippen LogP contribution in [0, 0.1) is 0 Å². The lowest BCUT2D eigenvalue weighted by atomic mass is 10.3. The Morgan fingerprint density at radius 1 is 1.14 bits per heavy atom. The molecule has 0 bridgehead atoms. The second-order valence-corrected chi connectivity index (χ2v) is 3.15. The Hall–Kier alpha value is -0.860. The Morgan fingerprint density at radius 3 is 2.07 bits per heavy atom. The van der Waals surface area contributed by atoms with E-state index in [9.17, 15) is 0 Å². The van der Waals surface area contributed by atoms with Gasteiger partial charge in [-0.15, -0.1) is 19.7 Å². The van der Waals surface area contributed by atoms with Crippen LogP contribution in [-0.2, 0) is 0 Å². The fourth-order valence-corrected chi connectivity index (χ4v) is 1.41. The molecule has 2 nitrogen and oxygen atoms in total. The van der Waals surface area contributed by atoms with Crippen molar-refractivity contribution >= 4 is 0 Å². The van der Waals surface area contributed by atoms with E-state index in [1.165, 1.54) is 0 Å². The molecule has 0 rings (SSSR count). The lowest BCUT2D eigenvalue weighted by Crippen LogP contribution is -2.45. The summed E-state index contributed by atoms with van der Waals surface area (Å²) in [5.74, 6) is 0. The topological polar surface area (TPSA) is 15.3 Å². The summed E-state index contributed by atoms with van der Waals surface area (Å²) in [7, 11) is 0. The summed E-state index contributed by atoms with van der Waals surface area (Å²) in [6.45, 7) is 16.0. The van der Waals surface area contributed by atoms with Gasteiger partial charge in [0.1, 0.15) is 0 Å². The molecule has 1 atom stereocenters. The molecule has 0 spiro atoms. The lowest BCUT2D eigenvalue weighted by molar-refractivity contribution is 0.201. The highest BCUT2D eigenvalue weighted by atomic mass is 15.3. The Bertz CT molecular complexity index is 165. The van der Waals surface area contributed by atoms with Gasteiger partial charge in [0, 0.05) is 19.6 Å². The Morgan fingerprint density at radius 2 is 1.71 bits per heavy atom. The van der Waals surface area contributed by atoms with E-state index >= 15 is 0 Å². The van der Waals surface area contributed by atoms with Crippen LogP contribution >= 0.6 is 0 Å². The Balaban J connectivity index is 4.15. The van der Waals surface area contributed by atoms with E-state index in [1.807, 2.05) is 18.2 Å². The van der Waals surface area contributed by atoms with Gasteiger partial charge in [0.2, 0.25) is 0 Å². The molecule has 0 radical (unpaired) electrons. The van der Waals surface area contributed by atoms with Gasteiger partial charge in [0.15, 0.2) is 0 Å². The van der Waals surface area contributed by atoms with Gasteiger partial charge in [0.25, 0.3) is 0 Å². The molecule has 0 aromatic heterocycles. The van der Waals surface area contributed by atoms with E-state index in [0.29, 0.717) is 6.17 Å². The zero-order chi connectivity index (χ0) is 10.8. The second kappa shape index (κ2) is 8.73. The minimum atomic E-state index is 0.379. The molecule has 1 N–H and O–H groups in total. The molecule has 14 heavy (non-hydrogen) atoms. The van der Waals surface area contributed by atoms with Crippen LogP contribution in [-0.4, -0.2) is 30.7 Å². The molecule has 80 valence electrons. The van der Waals surface area contributed by atoms with E-state index < -0.39 is 0 Å². The third kappa shape index (κ3) is 5.00. The third-order valence-corrected chi connectivity index (χ3v) is 2.05. The molecule has 0 fully saturated rings. The maximum atomic E-state index is 3.76. The fraction of sp³-hybridized carbons (Fsp3) is 0.500. The van der Waals surface area contributed by atoms with Crippen molar-refractivity contribution < 1.29 is 0 Å². The molecular formula is C12H22N2. The predicted octanol–water partition coefficient (Wildman–Crippen LogP) is 2.17. The number of nitrogens with zero attached hydrogens (tertiary/aromatic N) is 1. The first-order valence-corrected chi connectivity index (χ1v) is 5.10. The molecule has 0 saturated carbocycles. The maximum Gasteiger partial charge on any atom is 0.0602 e. The summed E-state index contributed by atoms with van der Waals surface area (Å²) in [6, 6.07) is 0. The van der Waals surface area contributed by atoms with Crippen LogP contribution in [0.4, 0.5) is 0 Å². The molecule has 0 aliphatic heterocycles. The van der Waals surface area contributed by atoms with Gasteiger partial charge < -0.3 is 0 Å². The summed E-state index contributed by atoms with van der Waals surface area (Å²) < 4.78 is 0. The van der Waals surface area contributed by atoms with Crippen molar-refractivity contribution in [3.63, 3.8) is 0 Å². The van der Waals surface area contributed by atoms with Crippen molar-refractivity contribution in [1.29, 1.82) is 0 Å². The van der Waals surface area contributed by atoms with E-state index in [1.54, 1.807) is 0 Å². The van der Waals surface area contributed by atoms with Gasteiger partial charge in [-0.1, -0.05) is 25.2 Å². The van der Waals surface area contributed by atoms with Gasteiger partial charge in [-0.3, -0.25) is 10.2 Å². The molecular weight excluding hydrogens is 172 g/mol. The van der Waals surface area contributed by atoms with Crippen molar-refractivity contribution in [2.45, 2.75) is 19.5 Å². The smallest absolute Gasteiger partial charge is 0.0602 e. The van der Waals surface area contributed by atoms with E-state index in [2.05, 4.69) is 36.9 Å². The van der Waals surface area contributed by atoms with Crippen molar-refractivity contribution in [3.05, 3.63) is 38.0 Å². The monoisotopic (exact) mass is 194 g/mol. The van der Waals surface area contributed by atoms with Gasteiger partial charge in [-0.05, 0) is 6.42 Å². The van der Waals surface area contributed by atoms with Crippen molar-refractivity contribution in [2.75, 3.05) is 19.6 Å². The lowest BCUT2D eigenvalue weighted by Gasteiger charge is -2.29. The minimum Gasteiger partial charge on any atom is -0.298 e. The van der Waals surface area contributed by atoms with Crippen LogP contribution in [0.5, 0.6) is 0 Å². The molecule has 2 heteroatoms. The molecule has 0 aromatic rings. The SMILES string of the molecule is C=CCNC(CC)N(CC=C)CC=C. The summed E-state index contributed by atoms with van der Waals surface area (Å²) in [6.07, 6.45) is 7.16. The van der Waals surface area contributed by atoms with Crippen LogP contribution in [0.2, 0.25) is 0 Å².